The van der Waals surface area contributed by atoms with Crippen LogP contribution in [-0.2, 0) is 19.2 Å². The number of hydrogen-bond donors (Lipinski definition) is 0. The zero-order chi connectivity index (χ0) is 16.5. The van der Waals surface area contributed by atoms with Gasteiger partial charge in [0.15, 0.2) is 11.9 Å². The highest BCUT2D eigenvalue weighted by Gasteiger charge is 2.69. The van der Waals surface area contributed by atoms with Gasteiger partial charge in [0.05, 0.1) is 6.26 Å². The first-order chi connectivity index (χ1) is 11.5. The lowest BCUT2D eigenvalue weighted by atomic mass is 9.57. The lowest BCUT2D eigenvalue weighted by molar-refractivity contribution is -0.572. The van der Waals surface area contributed by atoms with E-state index in [0.717, 1.165) is 25.0 Å². The van der Waals surface area contributed by atoms with Crippen LogP contribution in [0.2, 0.25) is 0 Å². The summed E-state index contributed by atoms with van der Waals surface area (Å²) < 4.78 is 18.5. The molecule has 5 fully saturated rings. The van der Waals surface area contributed by atoms with Crippen LogP contribution >= 0.6 is 0 Å². The molecule has 5 aliphatic rings. The van der Waals surface area contributed by atoms with Gasteiger partial charge in [-0.2, -0.15) is 0 Å². The molecule has 0 N–H and O–H groups in total. The van der Waals surface area contributed by atoms with E-state index in [2.05, 4.69) is 13.8 Å². The normalized spacial score (nSPS) is 53.5. The number of rotatable bonds is 1. The molecule has 0 radical (unpaired) electrons. The van der Waals surface area contributed by atoms with Crippen molar-refractivity contribution in [1.29, 1.82) is 0 Å². The molecule has 5 heterocycles. The van der Waals surface area contributed by atoms with Crippen molar-refractivity contribution in [2.24, 2.45) is 23.7 Å². The highest BCUT2D eigenvalue weighted by atomic mass is 17.3. The van der Waals surface area contributed by atoms with E-state index in [0.29, 0.717) is 17.8 Å². The predicted molar refractivity (Wildman–Crippen MR) is 84.5 cm³/mol. The van der Waals surface area contributed by atoms with Crippen molar-refractivity contribution < 1.29 is 23.7 Å². The maximum atomic E-state index is 6.48. The molecule has 5 heteroatoms. The molecule has 5 nitrogen and oxygen atoms in total. The van der Waals surface area contributed by atoms with Crippen molar-refractivity contribution >= 4 is 0 Å². The quantitative estimate of drug-likeness (QED) is 0.720. The van der Waals surface area contributed by atoms with E-state index < -0.39 is 17.7 Å². The van der Waals surface area contributed by atoms with Crippen LogP contribution in [0, 0.1) is 23.7 Å². The van der Waals surface area contributed by atoms with E-state index >= 15 is 0 Å². The molecular formula is C19H26O5. The van der Waals surface area contributed by atoms with Gasteiger partial charge >= 0.3 is 0 Å². The minimum absolute atomic E-state index is 0.0961. The standard InChI is InChI=1S/C19H26O5/c1-11-6-7-14-12(2)16(15-5-4-10-20-15)21-17-19(14)13(11)8-9-18(3,22-17)23-24-19/h4-5,10-14,16-17H,6-9H2,1-3H3/t11-,12-,13-,14-,16?,17+,18+,19-/m0/s1. The van der Waals surface area contributed by atoms with Gasteiger partial charge in [0, 0.05) is 12.3 Å². The first kappa shape index (κ1) is 15.4. The second kappa shape index (κ2) is 5.07. The van der Waals surface area contributed by atoms with Gasteiger partial charge in [-0.3, -0.25) is 0 Å². The van der Waals surface area contributed by atoms with Gasteiger partial charge < -0.3 is 13.9 Å². The SMILES string of the molecule is C[C@@H]1C(c2ccco2)O[C@@H]2O[C@@]3(C)CC[C@H]4[C@@H](C)CC[C@@H]1[C@]24OO3. The average molecular weight is 334 g/mol. The third-order valence-corrected chi connectivity index (χ3v) is 6.98. The van der Waals surface area contributed by atoms with Crippen molar-refractivity contribution in [3.05, 3.63) is 24.2 Å². The van der Waals surface area contributed by atoms with Crippen LogP contribution in [0.5, 0.6) is 0 Å². The van der Waals surface area contributed by atoms with Crippen LogP contribution in [0.4, 0.5) is 0 Å². The van der Waals surface area contributed by atoms with E-state index in [9.17, 15) is 0 Å². The third kappa shape index (κ3) is 1.90. The fourth-order valence-corrected chi connectivity index (χ4v) is 5.68. The number of fused-ring (bicyclic) bond motifs is 2. The largest absolute Gasteiger partial charge is 0.467 e. The molecule has 0 amide bonds. The Hall–Kier alpha value is -0.880. The number of furan rings is 1. The molecule has 24 heavy (non-hydrogen) atoms. The summed E-state index contributed by atoms with van der Waals surface area (Å²) in [6, 6.07) is 3.92. The first-order valence-electron chi connectivity index (χ1n) is 9.27. The molecule has 1 aromatic heterocycles. The van der Waals surface area contributed by atoms with Crippen molar-refractivity contribution in [2.45, 2.75) is 70.2 Å². The number of ether oxygens (including phenoxy) is 2. The highest BCUT2D eigenvalue weighted by molar-refractivity contribution is 5.14. The summed E-state index contributed by atoms with van der Waals surface area (Å²) in [7, 11) is 0. The van der Waals surface area contributed by atoms with Gasteiger partial charge in [0.1, 0.15) is 11.9 Å². The Balaban J connectivity index is 1.60. The van der Waals surface area contributed by atoms with Gasteiger partial charge in [-0.1, -0.05) is 13.8 Å². The third-order valence-electron chi connectivity index (χ3n) is 6.98. The molecule has 6 rings (SSSR count). The molecule has 4 saturated heterocycles. The minimum Gasteiger partial charge on any atom is -0.467 e. The van der Waals surface area contributed by atoms with Crippen LogP contribution in [0.3, 0.4) is 0 Å². The molecule has 1 aromatic rings. The summed E-state index contributed by atoms with van der Waals surface area (Å²) in [5.41, 5.74) is -0.490. The molecule has 1 saturated carbocycles. The summed E-state index contributed by atoms with van der Waals surface area (Å²) in [6.07, 6.45) is 5.45. The second-order valence-electron chi connectivity index (χ2n) is 8.34. The van der Waals surface area contributed by atoms with Crippen molar-refractivity contribution in [1.82, 2.24) is 0 Å². The predicted octanol–water partition coefficient (Wildman–Crippen LogP) is 4.20. The smallest absolute Gasteiger partial charge is 0.201 e. The molecule has 2 bridgehead atoms. The van der Waals surface area contributed by atoms with E-state index in [1.165, 1.54) is 6.42 Å². The molecule has 1 spiro atoms. The Morgan fingerprint density at radius 1 is 1.08 bits per heavy atom. The van der Waals surface area contributed by atoms with Crippen LogP contribution < -0.4 is 0 Å². The molecule has 1 aliphatic carbocycles. The lowest BCUT2D eigenvalue weighted by Crippen LogP contribution is -2.69. The average Bonchev–Trinajstić information content (AvgIpc) is 2.99. The Morgan fingerprint density at radius 3 is 2.75 bits per heavy atom. The van der Waals surface area contributed by atoms with Gasteiger partial charge in [0.2, 0.25) is 5.79 Å². The summed E-state index contributed by atoms with van der Waals surface area (Å²) >= 11 is 0. The first-order valence-corrected chi connectivity index (χ1v) is 9.27. The summed E-state index contributed by atoms with van der Waals surface area (Å²) in [6.45, 7) is 6.54. The topological polar surface area (TPSA) is 50.1 Å². The fourth-order valence-electron chi connectivity index (χ4n) is 5.68. The number of hydrogen-bond acceptors (Lipinski definition) is 5. The Bertz CT molecular complexity index is 615. The molecule has 1 unspecified atom stereocenters. The van der Waals surface area contributed by atoms with E-state index in [1.54, 1.807) is 6.26 Å². The van der Waals surface area contributed by atoms with E-state index in [1.807, 2.05) is 19.1 Å². The van der Waals surface area contributed by atoms with Gasteiger partial charge in [-0.15, -0.1) is 0 Å². The molecule has 4 aliphatic heterocycles. The van der Waals surface area contributed by atoms with Gasteiger partial charge in [-0.05, 0) is 56.1 Å². The maximum Gasteiger partial charge on any atom is 0.201 e. The summed E-state index contributed by atoms with van der Waals surface area (Å²) in [5.74, 6) is 1.79. The lowest BCUT2D eigenvalue weighted by Gasteiger charge is -2.60. The summed E-state index contributed by atoms with van der Waals surface area (Å²) in [4.78, 5) is 12.0. The zero-order valence-electron chi connectivity index (χ0n) is 14.6. The van der Waals surface area contributed by atoms with Crippen molar-refractivity contribution in [3.63, 3.8) is 0 Å². The van der Waals surface area contributed by atoms with Gasteiger partial charge in [-0.25, -0.2) is 9.78 Å². The van der Waals surface area contributed by atoms with E-state index in [4.69, 9.17) is 23.7 Å². The van der Waals surface area contributed by atoms with Crippen LogP contribution in [0.1, 0.15) is 58.3 Å². The molecule has 0 aromatic carbocycles. The van der Waals surface area contributed by atoms with Crippen LogP contribution in [-0.4, -0.2) is 17.7 Å². The molecule has 132 valence electrons. The van der Waals surface area contributed by atoms with Crippen molar-refractivity contribution in [2.75, 3.05) is 0 Å². The summed E-state index contributed by atoms with van der Waals surface area (Å²) in [5, 5.41) is 0. The Kier molecular flexibility index (Phi) is 3.25. The van der Waals surface area contributed by atoms with Gasteiger partial charge in [0.25, 0.3) is 0 Å². The Labute approximate surface area is 142 Å². The second-order valence-corrected chi connectivity index (χ2v) is 8.34. The minimum atomic E-state index is -0.716. The van der Waals surface area contributed by atoms with Crippen molar-refractivity contribution in [3.8, 4) is 0 Å². The molecule has 8 atom stereocenters. The highest BCUT2D eigenvalue weighted by Crippen LogP contribution is 2.62. The van der Waals surface area contributed by atoms with Crippen LogP contribution in [0.25, 0.3) is 0 Å². The molecular weight excluding hydrogens is 308 g/mol. The zero-order valence-corrected chi connectivity index (χ0v) is 14.6. The monoisotopic (exact) mass is 334 g/mol. The van der Waals surface area contributed by atoms with E-state index in [-0.39, 0.29) is 12.0 Å². The fraction of sp³-hybridized carbons (Fsp3) is 0.789. The van der Waals surface area contributed by atoms with Crippen LogP contribution in [0.15, 0.2) is 22.8 Å². The maximum absolute atomic E-state index is 6.48. The Morgan fingerprint density at radius 2 is 1.96 bits per heavy atom.